The average molecular weight is 422 g/mol. The molecule has 1 saturated carbocycles. The molecule has 2 aromatic rings. The van der Waals surface area contributed by atoms with Crippen molar-refractivity contribution < 1.29 is 19.0 Å². The minimum atomic E-state index is -0.309. The molecule has 6 heteroatoms. The molecule has 1 aromatic carbocycles. The van der Waals surface area contributed by atoms with Crippen LogP contribution < -0.4 is 4.74 Å². The molecule has 1 aromatic heterocycles. The fraction of sp³-hybridized carbons (Fsp3) is 0.550. The number of hydrogen-bond acceptors (Lipinski definition) is 4. The molecule has 1 saturated heterocycles. The number of halogens is 1. The molecule has 0 spiro atoms. The monoisotopic (exact) mass is 421 g/mol. The number of ether oxygens (including phenoxy) is 3. The highest BCUT2D eigenvalue weighted by Crippen LogP contribution is 2.43. The first-order chi connectivity index (χ1) is 12.6. The van der Waals surface area contributed by atoms with E-state index < -0.39 is 0 Å². The quantitative estimate of drug-likeness (QED) is 0.527. The van der Waals surface area contributed by atoms with E-state index in [1.54, 1.807) is 0 Å². The van der Waals surface area contributed by atoms with Gasteiger partial charge >= 0.3 is 5.97 Å². The zero-order valence-electron chi connectivity index (χ0n) is 15.0. The van der Waals surface area contributed by atoms with E-state index in [2.05, 4.69) is 26.6 Å². The van der Waals surface area contributed by atoms with Gasteiger partial charge in [-0.25, -0.2) is 0 Å². The normalized spacial score (nSPS) is 19.3. The SMILES string of the molecule is CC(=O)Oc1ccc2c(C3CCCCC3)c(Br)n(CC3OCCO3)c2c1. The van der Waals surface area contributed by atoms with Crippen LogP contribution in [-0.4, -0.2) is 30.0 Å². The summed E-state index contributed by atoms with van der Waals surface area (Å²) in [7, 11) is 0. The van der Waals surface area contributed by atoms with Gasteiger partial charge in [-0.15, -0.1) is 0 Å². The molecular weight excluding hydrogens is 398 g/mol. The number of esters is 1. The van der Waals surface area contributed by atoms with Crippen LogP contribution in [0.4, 0.5) is 0 Å². The van der Waals surface area contributed by atoms with Crippen molar-refractivity contribution in [1.82, 2.24) is 4.57 Å². The summed E-state index contributed by atoms with van der Waals surface area (Å²) in [6.45, 7) is 3.31. The Labute approximate surface area is 161 Å². The van der Waals surface area contributed by atoms with Crippen LogP contribution in [-0.2, 0) is 20.8 Å². The molecule has 2 fully saturated rings. The van der Waals surface area contributed by atoms with E-state index in [4.69, 9.17) is 14.2 Å². The Kier molecular flexibility index (Phi) is 5.34. The molecule has 26 heavy (non-hydrogen) atoms. The maximum absolute atomic E-state index is 11.4. The Morgan fingerprint density at radius 2 is 1.96 bits per heavy atom. The molecular formula is C20H24BrNO4. The van der Waals surface area contributed by atoms with Gasteiger partial charge in [0.25, 0.3) is 0 Å². The molecule has 0 N–H and O–H groups in total. The summed E-state index contributed by atoms with van der Waals surface area (Å²) in [5, 5.41) is 1.22. The van der Waals surface area contributed by atoms with Crippen molar-refractivity contribution in [3.8, 4) is 5.75 Å². The number of rotatable bonds is 4. The van der Waals surface area contributed by atoms with Gasteiger partial charge in [0, 0.05) is 18.4 Å². The van der Waals surface area contributed by atoms with Crippen LogP contribution in [0, 0.1) is 0 Å². The summed E-state index contributed by atoms with van der Waals surface area (Å²) in [6, 6.07) is 5.91. The Bertz CT molecular complexity index is 804. The number of hydrogen-bond donors (Lipinski definition) is 0. The summed E-state index contributed by atoms with van der Waals surface area (Å²) in [5.41, 5.74) is 2.42. The van der Waals surface area contributed by atoms with Crippen LogP contribution in [0.3, 0.4) is 0 Å². The molecule has 0 unspecified atom stereocenters. The number of aromatic nitrogens is 1. The zero-order valence-corrected chi connectivity index (χ0v) is 16.6. The molecule has 140 valence electrons. The molecule has 1 aliphatic heterocycles. The van der Waals surface area contributed by atoms with E-state index in [0.29, 0.717) is 31.4 Å². The van der Waals surface area contributed by atoms with Crippen LogP contribution in [0.2, 0.25) is 0 Å². The molecule has 0 bridgehead atoms. The molecule has 0 amide bonds. The van der Waals surface area contributed by atoms with Crippen LogP contribution in [0.25, 0.3) is 10.9 Å². The Morgan fingerprint density at radius 1 is 1.23 bits per heavy atom. The molecule has 2 heterocycles. The Balaban J connectivity index is 1.79. The summed E-state index contributed by atoms with van der Waals surface area (Å²) in [6.07, 6.45) is 6.10. The van der Waals surface area contributed by atoms with Crippen molar-refractivity contribution in [2.24, 2.45) is 0 Å². The average Bonchev–Trinajstić information content (AvgIpc) is 3.23. The van der Waals surface area contributed by atoms with Crippen LogP contribution in [0.5, 0.6) is 5.75 Å². The van der Waals surface area contributed by atoms with Gasteiger partial charge in [-0.05, 0) is 52.4 Å². The van der Waals surface area contributed by atoms with Crippen molar-refractivity contribution in [3.63, 3.8) is 0 Å². The van der Waals surface area contributed by atoms with Gasteiger partial charge in [-0.3, -0.25) is 4.79 Å². The van der Waals surface area contributed by atoms with E-state index in [-0.39, 0.29) is 12.3 Å². The predicted octanol–water partition coefficient (Wildman–Crippen LogP) is 4.75. The second-order valence-corrected chi connectivity index (χ2v) is 7.84. The van der Waals surface area contributed by atoms with Gasteiger partial charge in [0.05, 0.1) is 29.9 Å². The largest absolute Gasteiger partial charge is 0.427 e. The molecule has 2 aliphatic rings. The first-order valence-corrected chi connectivity index (χ1v) is 10.2. The van der Waals surface area contributed by atoms with Crippen LogP contribution in [0.1, 0.15) is 50.5 Å². The van der Waals surface area contributed by atoms with Gasteiger partial charge in [-0.1, -0.05) is 19.3 Å². The third-order valence-electron chi connectivity index (χ3n) is 5.31. The lowest BCUT2D eigenvalue weighted by Crippen LogP contribution is -2.17. The minimum Gasteiger partial charge on any atom is -0.427 e. The number of fused-ring (bicyclic) bond motifs is 1. The van der Waals surface area contributed by atoms with E-state index in [1.165, 1.54) is 50.0 Å². The highest BCUT2D eigenvalue weighted by molar-refractivity contribution is 9.10. The molecule has 0 radical (unpaired) electrons. The van der Waals surface area contributed by atoms with Crippen LogP contribution >= 0.6 is 15.9 Å². The lowest BCUT2D eigenvalue weighted by Gasteiger charge is -2.22. The Hall–Kier alpha value is -1.37. The smallest absolute Gasteiger partial charge is 0.308 e. The summed E-state index contributed by atoms with van der Waals surface area (Å²) >= 11 is 3.86. The minimum absolute atomic E-state index is 0.238. The lowest BCUT2D eigenvalue weighted by atomic mass is 9.84. The van der Waals surface area contributed by atoms with Crippen LogP contribution in [0.15, 0.2) is 22.8 Å². The van der Waals surface area contributed by atoms with Gasteiger partial charge < -0.3 is 18.8 Å². The number of benzene rings is 1. The van der Waals surface area contributed by atoms with Crippen molar-refractivity contribution in [2.75, 3.05) is 13.2 Å². The van der Waals surface area contributed by atoms with Gasteiger partial charge in [0.2, 0.25) is 0 Å². The first-order valence-electron chi connectivity index (χ1n) is 9.37. The van der Waals surface area contributed by atoms with E-state index in [0.717, 1.165) is 10.1 Å². The number of nitrogens with zero attached hydrogens (tertiary/aromatic N) is 1. The lowest BCUT2D eigenvalue weighted by molar-refractivity contribution is -0.131. The number of carbonyl (C=O) groups is 1. The first kappa shape index (κ1) is 18.0. The standard InChI is InChI=1S/C20H24BrNO4/c1-13(23)26-15-7-8-16-17(11-15)22(12-18-24-9-10-25-18)20(21)19(16)14-5-3-2-4-6-14/h7-8,11,14,18H,2-6,9-10,12H2,1H3. The maximum Gasteiger partial charge on any atom is 0.308 e. The molecule has 5 nitrogen and oxygen atoms in total. The third kappa shape index (κ3) is 3.55. The van der Waals surface area contributed by atoms with E-state index in [1.807, 2.05) is 12.1 Å². The highest BCUT2D eigenvalue weighted by atomic mass is 79.9. The van der Waals surface area contributed by atoms with E-state index in [9.17, 15) is 4.79 Å². The van der Waals surface area contributed by atoms with Crippen molar-refractivity contribution in [1.29, 1.82) is 0 Å². The fourth-order valence-corrected chi connectivity index (χ4v) is 5.05. The molecule has 0 atom stereocenters. The Morgan fingerprint density at radius 3 is 2.65 bits per heavy atom. The van der Waals surface area contributed by atoms with E-state index >= 15 is 0 Å². The second kappa shape index (κ2) is 7.71. The second-order valence-electron chi connectivity index (χ2n) is 7.09. The maximum atomic E-state index is 11.4. The zero-order chi connectivity index (χ0) is 18.1. The summed E-state index contributed by atoms with van der Waals surface area (Å²) < 4.78 is 19.9. The van der Waals surface area contributed by atoms with Gasteiger partial charge in [0.15, 0.2) is 6.29 Å². The molecule has 4 rings (SSSR count). The predicted molar refractivity (Wildman–Crippen MR) is 102 cm³/mol. The highest BCUT2D eigenvalue weighted by Gasteiger charge is 2.27. The third-order valence-corrected chi connectivity index (χ3v) is 6.16. The summed E-state index contributed by atoms with van der Waals surface area (Å²) in [5.74, 6) is 0.822. The van der Waals surface area contributed by atoms with Gasteiger partial charge in [0.1, 0.15) is 5.75 Å². The van der Waals surface area contributed by atoms with Crippen molar-refractivity contribution in [2.45, 2.75) is 57.8 Å². The topological polar surface area (TPSA) is 49.7 Å². The fourth-order valence-electron chi connectivity index (χ4n) is 4.17. The van der Waals surface area contributed by atoms with Crippen molar-refractivity contribution in [3.05, 3.63) is 28.4 Å². The molecule has 1 aliphatic carbocycles. The number of carbonyl (C=O) groups excluding carboxylic acids is 1. The van der Waals surface area contributed by atoms with Crippen molar-refractivity contribution >= 4 is 32.8 Å². The van der Waals surface area contributed by atoms with Gasteiger partial charge in [-0.2, -0.15) is 0 Å². The summed E-state index contributed by atoms with van der Waals surface area (Å²) in [4.78, 5) is 11.4.